The minimum atomic E-state index is 0.0170. The van der Waals surface area contributed by atoms with Crippen LogP contribution in [0.1, 0.15) is 45.7 Å². The number of hydrogen-bond donors (Lipinski definition) is 2. The Labute approximate surface area is 204 Å². The van der Waals surface area contributed by atoms with Gasteiger partial charge in [0, 0.05) is 42.6 Å². The highest BCUT2D eigenvalue weighted by Crippen LogP contribution is 2.37. The molecule has 0 bridgehead atoms. The van der Waals surface area contributed by atoms with Gasteiger partial charge in [-0.25, -0.2) is 0 Å². The molecule has 2 aliphatic rings. The Balaban J connectivity index is 1.37. The second kappa shape index (κ2) is 10.1. The Morgan fingerprint density at radius 2 is 1.89 bits per heavy atom. The van der Waals surface area contributed by atoms with Gasteiger partial charge in [0.25, 0.3) is 5.91 Å². The van der Waals surface area contributed by atoms with Crippen molar-refractivity contribution in [3.8, 4) is 11.5 Å². The number of fused-ring (bicyclic) bond motifs is 1. The number of ether oxygens (including phenoxy) is 2. The molecule has 182 valence electrons. The van der Waals surface area contributed by atoms with Crippen molar-refractivity contribution < 1.29 is 19.1 Å². The molecule has 8 heteroatoms. The molecule has 0 radical (unpaired) electrons. The third kappa shape index (κ3) is 4.82. The minimum absolute atomic E-state index is 0.0170. The van der Waals surface area contributed by atoms with E-state index in [0.717, 1.165) is 60.7 Å². The highest BCUT2D eigenvalue weighted by molar-refractivity contribution is 5.94. The van der Waals surface area contributed by atoms with E-state index in [1.165, 1.54) is 6.42 Å². The van der Waals surface area contributed by atoms with Crippen LogP contribution in [0.2, 0.25) is 0 Å². The normalized spacial score (nSPS) is 15.2. The summed E-state index contributed by atoms with van der Waals surface area (Å²) in [6, 6.07) is 15.3. The highest BCUT2D eigenvalue weighted by Gasteiger charge is 2.27. The Morgan fingerprint density at radius 3 is 2.63 bits per heavy atom. The molecule has 8 nitrogen and oxygen atoms in total. The molecule has 1 saturated heterocycles. The van der Waals surface area contributed by atoms with Crippen LogP contribution in [0.15, 0.2) is 48.5 Å². The van der Waals surface area contributed by atoms with Gasteiger partial charge in [0.1, 0.15) is 24.3 Å². The maximum atomic E-state index is 13.0. The van der Waals surface area contributed by atoms with Crippen LogP contribution in [0.25, 0.3) is 0 Å². The molecule has 0 atom stereocenters. The van der Waals surface area contributed by atoms with Crippen molar-refractivity contribution in [2.24, 2.45) is 0 Å². The summed E-state index contributed by atoms with van der Waals surface area (Å²) >= 11 is 0. The number of aromatic amines is 1. The van der Waals surface area contributed by atoms with Crippen molar-refractivity contribution in [3.63, 3.8) is 0 Å². The quantitative estimate of drug-likeness (QED) is 0.487. The van der Waals surface area contributed by atoms with E-state index in [0.29, 0.717) is 36.7 Å². The third-order valence-corrected chi connectivity index (χ3v) is 6.62. The molecule has 0 unspecified atom stereocenters. The molecular weight excluding hydrogens is 444 g/mol. The molecule has 1 fully saturated rings. The lowest BCUT2D eigenvalue weighted by molar-refractivity contribution is 0.0719. The van der Waals surface area contributed by atoms with Crippen LogP contribution in [0.3, 0.4) is 0 Å². The zero-order valence-corrected chi connectivity index (χ0v) is 19.9. The number of carbonyl (C=O) groups excluding carboxylic acids is 2. The zero-order valence-electron chi connectivity index (χ0n) is 19.9. The van der Waals surface area contributed by atoms with Gasteiger partial charge in [0.2, 0.25) is 0 Å². The topological polar surface area (TPSA) is 86.9 Å². The number of aromatic nitrogens is 1. The molecule has 2 N–H and O–H groups in total. The van der Waals surface area contributed by atoms with Gasteiger partial charge in [-0.1, -0.05) is 0 Å². The number of benzene rings is 2. The number of hydrogen-bond acceptors (Lipinski definition) is 6. The highest BCUT2D eigenvalue weighted by atomic mass is 16.5. The van der Waals surface area contributed by atoms with Crippen molar-refractivity contribution in [2.75, 3.05) is 43.6 Å². The number of piperidine rings is 1. The van der Waals surface area contributed by atoms with Crippen molar-refractivity contribution in [1.29, 1.82) is 0 Å². The van der Waals surface area contributed by atoms with Gasteiger partial charge in [0.15, 0.2) is 11.6 Å². The average Bonchev–Trinajstić information content (AvgIpc) is 3.36. The number of likely N-dealkylation sites (tertiary alicyclic amines) is 1. The van der Waals surface area contributed by atoms with Gasteiger partial charge in [-0.05, 0) is 67.3 Å². The van der Waals surface area contributed by atoms with Gasteiger partial charge in [-0.2, -0.15) is 0 Å². The van der Waals surface area contributed by atoms with Crippen LogP contribution < -0.4 is 19.7 Å². The molecule has 3 heterocycles. The van der Waals surface area contributed by atoms with E-state index < -0.39 is 0 Å². The smallest absolute Gasteiger partial charge is 0.270 e. The lowest BCUT2D eigenvalue weighted by atomic mass is 10.1. The van der Waals surface area contributed by atoms with E-state index >= 15 is 0 Å². The maximum absolute atomic E-state index is 13.0. The fourth-order valence-electron chi connectivity index (χ4n) is 4.67. The summed E-state index contributed by atoms with van der Waals surface area (Å²) in [5.41, 5.74) is 3.94. The summed E-state index contributed by atoms with van der Waals surface area (Å²) in [4.78, 5) is 32.1. The van der Waals surface area contributed by atoms with Gasteiger partial charge in [-0.3, -0.25) is 9.59 Å². The molecule has 5 rings (SSSR count). The summed E-state index contributed by atoms with van der Waals surface area (Å²) < 4.78 is 11.1. The first kappa shape index (κ1) is 22.8. The van der Waals surface area contributed by atoms with E-state index in [2.05, 4.69) is 15.2 Å². The third-order valence-electron chi connectivity index (χ3n) is 6.62. The number of carbonyl (C=O) groups is 2. The Bertz CT molecular complexity index is 1200. The molecule has 1 aromatic heterocycles. The van der Waals surface area contributed by atoms with Crippen LogP contribution in [-0.4, -0.2) is 55.4 Å². The second-order valence-electron chi connectivity index (χ2n) is 8.83. The summed E-state index contributed by atoms with van der Waals surface area (Å²) in [5.74, 6) is 2.25. The zero-order chi connectivity index (χ0) is 24.2. The number of amides is 1. The van der Waals surface area contributed by atoms with E-state index in [1.54, 1.807) is 7.11 Å². The average molecular weight is 475 g/mol. The first-order chi connectivity index (χ1) is 17.2. The predicted octanol–water partition coefficient (Wildman–Crippen LogP) is 4.60. The summed E-state index contributed by atoms with van der Waals surface area (Å²) in [5, 5.41) is 3.38. The standard InChI is InChI=1S/C27H30N4O4/c1-34-23-9-6-21(7-10-23)28-17-20-15-22(8-5-19(20)18-32)31-13-14-35-25-16-24(29-26(25)31)27(33)30-11-3-2-4-12-30/h5-10,15-16,18,28-29H,2-4,11-14,17H2,1H3. The maximum Gasteiger partial charge on any atom is 0.270 e. The lowest BCUT2D eigenvalue weighted by Crippen LogP contribution is -2.35. The van der Waals surface area contributed by atoms with Crippen molar-refractivity contribution in [3.05, 3.63) is 65.4 Å². The van der Waals surface area contributed by atoms with Crippen LogP contribution in [0.4, 0.5) is 17.2 Å². The summed E-state index contributed by atoms with van der Waals surface area (Å²) in [6.07, 6.45) is 4.15. The summed E-state index contributed by atoms with van der Waals surface area (Å²) in [6.45, 7) is 3.23. The van der Waals surface area contributed by atoms with E-state index in [4.69, 9.17) is 9.47 Å². The summed E-state index contributed by atoms with van der Waals surface area (Å²) in [7, 11) is 1.64. The molecule has 0 aliphatic carbocycles. The van der Waals surface area contributed by atoms with Crippen LogP contribution in [0.5, 0.6) is 11.5 Å². The number of aldehydes is 1. The van der Waals surface area contributed by atoms with Gasteiger partial charge in [0.05, 0.1) is 13.7 Å². The van der Waals surface area contributed by atoms with Crippen molar-refractivity contribution >= 4 is 29.4 Å². The van der Waals surface area contributed by atoms with E-state index in [-0.39, 0.29) is 5.91 Å². The number of methoxy groups -OCH3 is 1. The monoisotopic (exact) mass is 474 g/mol. The van der Waals surface area contributed by atoms with Crippen molar-refractivity contribution in [2.45, 2.75) is 25.8 Å². The number of nitrogens with zero attached hydrogens (tertiary/aromatic N) is 2. The van der Waals surface area contributed by atoms with E-state index in [1.807, 2.05) is 53.4 Å². The Morgan fingerprint density at radius 1 is 1.09 bits per heavy atom. The molecule has 1 amide bonds. The Hall–Kier alpha value is -3.94. The van der Waals surface area contributed by atoms with Crippen molar-refractivity contribution in [1.82, 2.24) is 9.88 Å². The fraction of sp³-hybridized carbons (Fsp3) is 0.333. The molecule has 3 aromatic rings. The fourth-order valence-corrected chi connectivity index (χ4v) is 4.67. The van der Waals surface area contributed by atoms with Crippen LogP contribution in [0, 0.1) is 0 Å². The number of nitrogens with one attached hydrogen (secondary N) is 2. The first-order valence-electron chi connectivity index (χ1n) is 12.0. The van der Waals surface area contributed by atoms with Crippen LogP contribution in [-0.2, 0) is 6.54 Å². The molecule has 2 aliphatic heterocycles. The molecular formula is C27H30N4O4. The second-order valence-corrected chi connectivity index (χ2v) is 8.83. The number of rotatable bonds is 7. The molecule has 0 spiro atoms. The van der Waals surface area contributed by atoms with Crippen LogP contribution >= 0.6 is 0 Å². The van der Waals surface area contributed by atoms with E-state index in [9.17, 15) is 9.59 Å². The molecule has 2 aromatic carbocycles. The van der Waals surface area contributed by atoms with Gasteiger partial charge < -0.3 is 29.6 Å². The minimum Gasteiger partial charge on any atom is -0.497 e. The molecule has 35 heavy (non-hydrogen) atoms. The number of H-pyrrole nitrogens is 1. The predicted molar refractivity (Wildman–Crippen MR) is 135 cm³/mol. The SMILES string of the molecule is COc1ccc(NCc2cc(N3CCOc4cc(C(=O)N5CCCCC5)[nH]c43)ccc2C=O)cc1. The lowest BCUT2D eigenvalue weighted by Gasteiger charge is -2.29. The first-order valence-corrected chi connectivity index (χ1v) is 12.0. The number of anilines is 3. The van der Waals surface area contributed by atoms with Gasteiger partial charge >= 0.3 is 0 Å². The molecule has 0 saturated carbocycles. The largest absolute Gasteiger partial charge is 0.497 e. The Kier molecular flexibility index (Phi) is 6.61. The van der Waals surface area contributed by atoms with Gasteiger partial charge in [-0.15, -0.1) is 0 Å².